The van der Waals surface area contributed by atoms with E-state index in [4.69, 9.17) is 10.2 Å². The van der Waals surface area contributed by atoms with E-state index in [0.29, 0.717) is 42.6 Å². The quantitative estimate of drug-likeness (QED) is 0.449. The van der Waals surface area contributed by atoms with Crippen molar-refractivity contribution in [2.24, 2.45) is 0 Å². The highest BCUT2D eigenvalue weighted by Gasteiger charge is 2.20. The minimum atomic E-state index is -0.390. The van der Waals surface area contributed by atoms with Crippen LogP contribution in [0.4, 0.5) is 10.9 Å². The van der Waals surface area contributed by atoms with Crippen molar-refractivity contribution in [3.63, 3.8) is 0 Å². The van der Waals surface area contributed by atoms with Gasteiger partial charge in [0.05, 0.1) is 12.7 Å². The van der Waals surface area contributed by atoms with E-state index in [1.807, 2.05) is 23.1 Å². The molecule has 1 aliphatic rings. The van der Waals surface area contributed by atoms with Crippen LogP contribution in [0.1, 0.15) is 29.0 Å². The van der Waals surface area contributed by atoms with Crippen molar-refractivity contribution in [1.82, 2.24) is 24.9 Å². The van der Waals surface area contributed by atoms with Gasteiger partial charge in [-0.2, -0.15) is 0 Å². The second-order valence-electron chi connectivity index (χ2n) is 7.64. The van der Waals surface area contributed by atoms with Crippen molar-refractivity contribution >= 4 is 50.6 Å². The number of furan rings is 1. The lowest BCUT2D eigenvalue weighted by Gasteiger charge is -2.27. The van der Waals surface area contributed by atoms with Crippen molar-refractivity contribution < 1.29 is 14.0 Å². The number of carbonyl (C=O) groups is 2. The summed E-state index contributed by atoms with van der Waals surface area (Å²) in [4.78, 5) is 31.1. The number of anilines is 2. The average molecular weight is 464 g/mol. The summed E-state index contributed by atoms with van der Waals surface area (Å²) in [5.41, 5.74) is 8.28. The van der Waals surface area contributed by atoms with Gasteiger partial charge in [0, 0.05) is 36.5 Å². The SMILES string of the molecule is Nc1nc(NC(=O)c2cc3cc(C4=CCCN(C(=O)CCn5ccnn5)C4)ccc3o2)cs1. The summed E-state index contributed by atoms with van der Waals surface area (Å²) in [5.74, 6) is 0.280. The van der Waals surface area contributed by atoms with Gasteiger partial charge in [0.15, 0.2) is 10.9 Å². The lowest BCUT2D eigenvalue weighted by molar-refractivity contribution is -0.131. The van der Waals surface area contributed by atoms with Crippen LogP contribution < -0.4 is 11.1 Å². The first kappa shape index (κ1) is 20.9. The zero-order chi connectivity index (χ0) is 22.8. The Morgan fingerprint density at radius 1 is 1.27 bits per heavy atom. The number of nitrogens with two attached hydrogens (primary N) is 1. The minimum absolute atomic E-state index is 0.0853. The summed E-state index contributed by atoms with van der Waals surface area (Å²) in [6, 6.07) is 7.47. The van der Waals surface area contributed by atoms with Gasteiger partial charge in [-0.1, -0.05) is 17.4 Å². The van der Waals surface area contributed by atoms with Crippen molar-refractivity contribution in [3.8, 4) is 0 Å². The highest BCUT2D eigenvalue weighted by atomic mass is 32.1. The van der Waals surface area contributed by atoms with Gasteiger partial charge in [0.1, 0.15) is 11.4 Å². The van der Waals surface area contributed by atoms with Gasteiger partial charge in [-0.15, -0.1) is 16.4 Å². The number of nitrogens with one attached hydrogen (secondary N) is 1. The third kappa shape index (κ3) is 4.62. The van der Waals surface area contributed by atoms with Crippen LogP contribution >= 0.6 is 11.3 Å². The van der Waals surface area contributed by atoms with Gasteiger partial charge >= 0.3 is 0 Å². The number of nitrogen functional groups attached to an aromatic ring is 1. The maximum Gasteiger partial charge on any atom is 0.292 e. The molecular formula is C22H21N7O3S. The number of nitrogens with zero attached hydrogens (tertiary/aromatic N) is 5. The first-order chi connectivity index (χ1) is 16.0. The molecule has 11 heteroatoms. The van der Waals surface area contributed by atoms with E-state index in [2.05, 4.69) is 26.7 Å². The van der Waals surface area contributed by atoms with E-state index in [0.717, 1.165) is 22.9 Å². The fraction of sp³-hybridized carbons (Fsp3) is 0.227. The third-order valence-corrected chi connectivity index (χ3v) is 6.08. The second kappa shape index (κ2) is 8.87. The largest absolute Gasteiger partial charge is 0.451 e. The number of aromatic nitrogens is 4. The Balaban J connectivity index is 1.27. The number of hydrogen-bond donors (Lipinski definition) is 2. The van der Waals surface area contributed by atoms with E-state index in [1.54, 1.807) is 28.5 Å². The highest BCUT2D eigenvalue weighted by Crippen LogP contribution is 2.27. The number of fused-ring (bicyclic) bond motifs is 1. The normalized spacial score (nSPS) is 13.8. The van der Waals surface area contributed by atoms with Crippen LogP contribution in [0.3, 0.4) is 0 Å². The van der Waals surface area contributed by atoms with Gasteiger partial charge in [0.25, 0.3) is 5.91 Å². The van der Waals surface area contributed by atoms with Crippen LogP contribution in [0.15, 0.2) is 52.5 Å². The van der Waals surface area contributed by atoms with E-state index < -0.39 is 0 Å². The molecule has 0 atom stereocenters. The standard InChI is InChI=1S/C22H21N7O3S/c23-22-26-19(13-33-22)25-21(31)18-11-16-10-14(3-4-17(16)32-18)15-2-1-7-28(12-15)20(30)5-8-29-9-6-24-27-29/h2-4,6,9-11,13H,1,5,7-8,12H2,(H2,23,26)(H,25,31). The smallest absolute Gasteiger partial charge is 0.292 e. The van der Waals surface area contributed by atoms with Gasteiger partial charge in [-0.25, -0.2) is 4.98 Å². The van der Waals surface area contributed by atoms with Gasteiger partial charge in [0.2, 0.25) is 5.91 Å². The molecule has 0 unspecified atom stereocenters. The van der Waals surface area contributed by atoms with Crippen LogP contribution in [-0.2, 0) is 11.3 Å². The summed E-state index contributed by atoms with van der Waals surface area (Å²) in [6.07, 6.45) is 6.67. The topological polar surface area (TPSA) is 132 Å². The van der Waals surface area contributed by atoms with Crippen LogP contribution in [-0.4, -0.2) is 49.8 Å². The molecule has 0 bridgehead atoms. The molecular weight excluding hydrogens is 442 g/mol. The first-order valence-electron chi connectivity index (χ1n) is 10.4. The van der Waals surface area contributed by atoms with Crippen LogP contribution in [0, 0.1) is 0 Å². The molecule has 3 aromatic heterocycles. The monoisotopic (exact) mass is 463 g/mol. The maximum atomic E-state index is 12.7. The Kier molecular flexibility index (Phi) is 5.61. The second-order valence-corrected chi connectivity index (χ2v) is 8.53. The van der Waals surface area contributed by atoms with E-state index in [9.17, 15) is 9.59 Å². The zero-order valence-corrected chi connectivity index (χ0v) is 18.4. The summed E-state index contributed by atoms with van der Waals surface area (Å²) in [7, 11) is 0. The fourth-order valence-corrected chi connectivity index (χ4v) is 4.26. The molecule has 33 heavy (non-hydrogen) atoms. The van der Waals surface area contributed by atoms with Crippen molar-refractivity contribution in [2.75, 3.05) is 24.1 Å². The van der Waals surface area contributed by atoms with Gasteiger partial charge in [-0.3, -0.25) is 14.3 Å². The van der Waals surface area contributed by atoms with Crippen molar-refractivity contribution in [1.29, 1.82) is 0 Å². The van der Waals surface area contributed by atoms with Gasteiger partial charge < -0.3 is 20.4 Å². The molecule has 0 saturated heterocycles. The molecule has 0 aliphatic carbocycles. The maximum absolute atomic E-state index is 12.7. The Bertz CT molecular complexity index is 1340. The molecule has 1 aliphatic heterocycles. The summed E-state index contributed by atoms with van der Waals surface area (Å²) < 4.78 is 7.37. The molecule has 0 radical (unpaired) electrons. The van der Waals surface area contributed by atoms with Crippen LogP contribution in [0.5, 0.6) is 0 Å². The average Bonchev–Trinajstić information content (AvgIpc) is 3.58. The highest BCUT2D eigenvalue weighted by molar-refractivity contribution is 7.13. The molecule has 10 nitrogen and oxygen atoms in total. The number of carbonyl (C=O) groups excluding carboxylic acids is 2. The zero-order valence-electron chi connectivity index (χ0n) is 17.6. The predicted octanol–water partition coefficient (Wildman–Crippen LogP) is 3.02. The number of aryl methyl sites for hydroxylation is 1. The summed E-state index contributed by atoms with van der Waals surface area (Å²) in [5, 5.41) is 13.2. The molecule has 168 valence electrons. The first-order valence-corrected chi connectivity index (χ1v) is 11.3. The fourth-order valence-electron chi connectivity index (χ4n) is 3.76. The summed E-state index contributed by atoms with van der Waals surface area (Å²) in [6.45, 7) is 1.74. The van der Waals surface area contributed by atoms with Crippen molar-refractivity contribution in [3.05, 3.63) is 59.4 Å². The lowest BCUT2D eigenvalue weighted by atomic mass is 9.99. The van der Waals surface area contributed by atoms with Crippen LogP contribution in [0.2, 0.25) is 0 Å². The Morgan fingerprint density at radius 2 is 2.18 bits per heavy atom. The minimum Gasteiger partial charge on any atom is -0.451 e. The van der Waals surface area contributed by atoms with Crippen molar-refractivity contribution in [2.45, 2.75) is 19.4 Å². The number of rotatable bonds is 6. The molecule has 3 N–H and O–H groups in total. The van der Waals surface area contributed by atoms with Gasteiger partial charge in [-0.05, 0) is 35.8 Å². The number of benzene rings is 1. The summed E-state index contributed by atoms with van der Waals surface area (Å²) >= 11 is 1.25. The molecule has 4 aromatic rings. The molecule has 0 spiro atoms. The van der Waals surface area contributed by atoms with Crippen LogP contribution in [0.25, 0.3) is 16.5 Å². The molecule has 0 saturated carbocycles. The number of amides is 2. The Morgan fingerprint density at radius 3 is 2.97 bits per heavy atom. The molecule has 4 heterocycles. The predicted molar refractivity (Wildman–Crippen MR) is 125 cm³/mol. The molecule has 5 rings (SSSR count). The van der Waals surface area contributed by atoms with E-state index in [-0.39, 0.29) is 17.6 Å². The lowest BCUT2D eigenvalue weighted by Crippen LogP contribution is -2.35. The van der Waals surface area contributed by atoms with E-state index in [1.165, 1.54) is 11.3 Å². The molecule has 0 fully saturated rings. The number of thiazole rings is 1. The third-order valence-electron chi connectivity index (χ3n) is 5.40. The Hall–Kier alpha value is -3.99. The number of hydrogen-bond acceptors (Lipinski definition) is 8. The molecule has 1 aromatic carbocycles. The molecule has 2 amide bonds. The van der Waals surface area contributed by atoms with E-state index >= 15 is 0 Å². The Labute approximate surface area is 192 Å².